The summed E-state index contributed by atoms with van der Waals surface area (Å²) in [5.74, 6) is -1.18. The van der Waals surface area contributed by atoms with E-state index in [4.69, 9.17) is 4.74 Å². The number of rotatable bonds is 7. The average molecular weight is 360 g/mol. The van der Waals surface area contributed by atoms with E-state index in [1.807, 2.05) is 18.2 Å². The number of halogens is 1. The fraction of sp³-hybridized carbons (Fsp3) is 0.316. The van der Waals surface area contributed by atoms with E-state index in [1.165, 1.54) is 6.92 Å². The molecule has 138 valence electrons. The Morgan fingerprint density at radius 3 is 2.62 bits per heavy atom. The molecule has 6 nitrogen and oxygen atoms in total. The van der Waals surface area contributed by atoms with Gasteiger partial charge in [-0.15, -0.1) is 0 Å². The summed E-state index contributed by atoms with van der Waals surface area (Å²) < 4.78 is 18.7. The van der Waals surface area contributed by atoms with Gasteiger partial charge < -0.3 is 10.1 Å². The van der Waals surface area contributed by atoms with Gasteiger partial charge in [-0.1, -0.05) is 32.0 Å². The van der Waals surface area contributed by atoms with Crippen molar-refractivity contribution in [3.8, 4) is 5.75 Å². The van der Waals surface area contributed by atoms with Gasteiger partial charge in [-0.3, -0.25) is 14.9 Å². The van der Waals surface area contributed by atoms with Crippen molar-refractivity contribution in [2.75, 3.05) is 5.32 Å². The van der Waals surface area contributed by atoms with Gasteiger partial charge in [-0.05, 0) is 37.0 Å². The van der Waals surface area contributed by atoms with Gasteiger partial charge >= 0.3 is 5.69 Å². The minimum Gasteiger partial charge on any atom is -0.474 e. The first-order valence-corrected chi connectivity index (χ1v) is 8.33. The lowest BCUT2D eigenvalue weighted by Gasteiger charge is -2.18. The molecule has 0 aromatic heterocycles. The van der Waals surface area contributed by atoms with Crippen molar-refractivity contribution in [2.45, 2.75) is 39.2 Å². The number of hydrogen-bond donors (Lipinski definition) is 1. The summed E-state index contributed by atoms with van der Waals surface area (Å²) in [7, 11) is 0. The summed E-state index contributed by atoms with van der Waals surface area (Å²) in [6.07, 6.45) is -0.130. The Bertz CT molecular complexity index is 810. The van der Waals surface area contributed by atoms with Gasteiger partial charge in [0.2, 0.25) is 5.75 Å². The van der Waals surface area contributed by atoms with E-state index in [0.29, 0.717) is 5.69 Å². The van der Waals surface area contributed by atoms with Crippen LogP contribution in [0.4, 0.5) is 15.8 Å². The zero-order valence-corrected chi connectivity index (χ0v) is 14.9. The Hall–Kier alpha value is -2.96. The van der Waals surface area contributed by atoms with Gasteiger partial charge in [0.1, 0.15) is 5.82 Å². The van der Waals surface area contributed by atoms with Crippen LogP contribution in [0.1, 0.15) is 38.7 Å². The van der Waals surface area contributed by atoms with Gasteiger partial charge in [0.25, 0.3) is 5.91 Å². The lowest BCUT2D eigenvalue weighted by Crippen LogP contribution is -2.30. The van der Waals surface area contributed by atoms with Crippen molar-refractivity contribution < 1.29 is 18.8 Å². The number of ether oxygens (including phenoxy) is 1. The Labute approximate surface area is 151 Å². The minimum atomic E-state index is -1.04. The fourth-order valence-electron chi connectivity index (χ4n) is 2.47. The Kier molecular flexibility index (Phi) is 6.27. The molecule has 2 rings (SSSR count). The number of anilines is 1. The SMILES string of the molecule is CC[C@@H](C)c1ccccc1NC(=O)[C@@H](C)Oc1cc(F)ccc1[N+](=O)[O-]. The molecule has 2 aromatic rings. The molecule has 1 N–H and O–H groups in total. The van der Waals surface area contributed by atoms with Crippen LogP contribution in [0.15, 0.2) is 42.5 Å². The third-order valence-corrected chi connectivity index (χ3v) is 4.15. The molecule has 1 amide bonds. The number of carbonyl (C=O) groups excluding carboxylic acids is 1. The number of amides is 1. The van der Waals surface area contributed by atoms with Crippen molar-refractivity contribution in [1.82, 2.24) is 0 Å². The first kappa shape index (κ1) is 19.4. The Morgan fingerprint density at radius 2 is 1.96 bits per heavy atom. The van der Waals surface area contributed by atoms with E-state index in [-0.39, 0.29) is 11.7 Å². The van der Waals surface area contributed by atoms with E-state index in [1.54, 1.807) is 6.07 Å². The van der Waals surface area contributed by atoms with Crippen LogP contribution in [-0.4, -0.2) is 16.9 Å². The molecule has 0 bridgehead atoms. The number of nitro benzene ring substituents is 1. The molecule has 0 unspecified atom stereocenters. The molecule has 7 heteroatoms. The number of hydrogen-bond acceptors (Lipinski definition) is 4. The number of benzene rings is 2. The fourth-order valence-corrected chi connectivity index (χ4v) is 2.47. The summed E-state index contributed by atoms with van der Waals surface area (Å²) >= 11 is 0. The highest BCUT2D eigenvalue weighted by Crippen LogP contribution is 2.29. The number of nitrogens with zero attached hydrogens (tertiary/aromatic N) is 1. The molecule has 0 aliphatic rings. The minimum absolute atomic E-state index is 0.257. The predicted molar refractivity (Wildman–Crippen MR) is 96.9 cm³/mol. The number of nitro groups is 1. The second kappa shape index (κ2) is 8.42. The van der Waals surface area contributed by atoms with Crippen molar-refractivity contribution in [1.29, 1.82) is 0 Å². The van der Waals surface area contributed by atoms with E-state index in [9.17, 15) is 19.3 Å². The summed E-state index contributed by atoms with van der Waals surface area (Å²) in [6, 6.07) is 10.3. The molecule has 2 aromatic carbocycles. The van der Waals surface area contributed by atoms with Crippen molar-refractivity contribution in [3.05, 3.63) is 64.0 Å². The van der Waals surface area contributed by atoms with Crippen LogP contribution < -0.4 is 10.1 Å². The molecule has 0 saturated carbocycles. The highest BCUT2D eigenvalue weighted by atomic mass is 19.1. The van der Waals surface area contributed by atoms with Gasteiger partial charge in [0, 0.05) is 17.8 Å². The largest absolute Gasteiger partial charge is 0.474 e. The standard InChI is InChI=1S/C19H21FN2O4/c1-4-12(2)15-7-5-6-8-16(15)21-19(23)13(3)26-18-11-14(20)9-10-17(18)22(24)25/h5-13H,4H2,1-3H3,(H,21,23)/t12-,13-/m1/s1. The zero-order valence-electron chi connectivity index (χ0n) is 14.9. The molecule has 0 aliphatic heterocycles. The summed E-state index contributed by atoms with van der Waals surface area (Å²) in [5, 5.41) is 13.8. The summed E-state index contributed by atoms with van der Waals surface area (Å²) in [6.45, 7) is 5.56. The Morgan fingerprint density at radius 1 is 1.27 bits per heavy atom. The molecule has 2 atom stereocenters. The van der Waals surface area contributed by atoms with E-state index < -0.39 is 28.4 Å². The van der Waals surface area contributed by atoms with Gasteiger partial charge in [-0.25, -0.2) is 4.39 Å². The molecular weight excluding hydrogens is 339 g/mol. The molecule has 0 fully saturated rings. The maximum Gasteiger partial charge on any atom is 0.311 e. The lowest BCUT2D eigenvalue weighted by atomic mass is 9.97. The zero-order chi connectivity index (χ0) is 19.3. The maximum atomic E-state index is 13.4. The van der Waals surface area contributed by atoms with Crippen LogP contribution in [0, 0.1) is 15.9 Å². The van der Waals surface area contributed by atoms with Crippen LogP contribution in [0.2, 0.25) is 0 Å². The smallest absolute Gasteiger partial charge is 0.311 e. The maximum absolute atomic E-state index is 13.4. The molecular formula is C19H21FN2O4. The van der Waals surface area contributed by atoms with Gasteiger partial charge in [0.15, 0.2) is 6.10 Å². The predicted octanol–water partition coefficient (Wildman–Crippen LogP) is 4.65. The first-order valence-electron chi connectivity index (χ1n) is 8.33. The first-order chi connectivity index (χ1) is 12.3. The molecule has 0 heterocycles. The quantitative estimate of drug-likeness (QED) is 0.575. The van der Waals surface area contributed by atoms with E-state index in [2.05, 4.69) is 19.2 Å². The Balaban J connectivity index is 2.17. The summed E-state index contributed by atoms with van der Waals surface area (Å²) in [5.41, 5.74) is 1.26. The number of para-hydroxylation sites is 1. The van der Waals surface area contributed by atoms with Crippen LogP contribution in [-0.2, 0) is 4.79 Å². The average Bonchev–Trinajstić information content (AvgIpc) is 2.61. The second-order valence-corrected chi connectivity index (χ2v) is 6.02. The topological polar surface area (TPSA) is 81.5 Å². The van der Waals surface area contributed by atoms with Crippen LogP contribution >= 0.6 is 0 Å². The van der Waals surface area contributed by atoms with Crippen molar-refractivity contribution >= 4 is 17.3 Å². The third kappa shape index (κ3) is 4.56. The van der Waals surface area contributed by atoms with Crippen LogP contribution in [0.3, 0.4) is 0 Å². The monoisotopic (exact) mass is 360 g/mol. The summed E-state index contributed by atoms with van der Waals surface area (Å²) in [4.78, 5) is 22.8. The second-order valence-electron chi connectivity index (χ2n) is 6.02. The lowest BCUT2D eigenvalue weighted by molar-refractivity contribution is -0.386. The molecule has 0 radical (unpaired) electrons. The van der Waals surface area contributed by atoms with Gasteiger partial charge in [-0.2, -0.15) is 0 Å². The van der Waals surface area contributed by atoms with Crippen LogP contribution in [0.25, 0.3) is 0 Å². The van der Waals surface area contributed by atoms with Gasteiger partial charge in [0.05, 0.1) is 4.92 Å². The molecule has 26 heavy (non-hydrogen) atoms. The number of carbonyl (C=O) groups is 1. The molecule has 0 spiro atoms. The highest BCUT2D eigenvalue weighted by Gasteiger charge is 2.22. The third-order valence-electron chi connectivity index (χ3n) is 4.15. The van der Waals surface area contributed by atoms with E-state index >= 15 is 0 Å². The molecule has 0 aliphatic carbocycles. The highest BCUT2D eigenvalue weighted by molar-refractivity contribution is 5.95. The number of nitrogens with one attached hydrogen (secondary N) is 1. The van der Waals surface area contributed by atoms with Crippen molar-refractivity contribution in [3.63, 3.8) is 0 Å². The normalized spacial score (nSPS) is 12.9. The van der Waals surface area contributed by atoms with Crippen molar-refractivity contribution in [2.24, 2.45) is 0 Å². The molecule has 0 saturated heterocycles. The van der Waals surface area contributed by atoms with Crippen LogP contribution in [0.5, 0.6) is 5.75 Å². The van der Waals surface area contributed by atoms with E-state index in [0.717, 1.165) is 30.2 Å².